The predicted molar refractivity (Wildman–Crippen MR) is 106 cm³/mol. The second kappa shape index (κ2) is 7.76. The molecule has 0 bridgehead atoms. The molecule has 0 amide bonds. The lowest BCUT2D eigenvalue weighted by molar-refractivity contribution is 1.03. The van der Waals surface area contributed by atoms with E-state index in [1.165, 1.54) is 16.7 Å². The molecule has 0 aliphatic rings. The van der Waals surface area contributed by atoms with Crippen LogP contribution in [0.25, 0.3) is 4.48 Å². The van der Waals surface area contributed by atoms with Gasteiger partial charge in [0.25, 0.3) is 0 Å². The number of hydrogen-bond acceptors (Lipinski definition) is 0. The van der Waals surface area contributed by atoms with Gasteiger partial charge in [-0.05, 0) is 28.8 Å². The smallest absolute Gasteiger partial charge is 0.0283 e. The molecule has 3 aromatic carbocycles. The third-order valence-corrected chi connectivity index (χ3v) is 5.00. The Morgan fingerprint density at radius 3 is 1.65 bits per heavy atom. The molecule has 114 valence electrons. The lowest BCUT2D eigenvalue weighted by Gasteiger charge is -2.15. The molecule has 2 heteroatoms. The monoisotopic (exact) mass is 426 g/mol. The van der Waals surface area contributed by atoms with Crippen molar-refractivity contribution in [3.05, 3.63) is 112 Å². The molecular formula is C21H16Br2. The van der Waals surface area contributed by atoms with Gasteiger partial charge < -0.3 is 0 Å². The molecule has 0 aliphatic carbocycles. The number of hydrogen-bond donors (Lipinski definition) is 0. The normalized spacial score (nSPS) is 11.7. The summed E-state index contributed by atoms with van der Waals surface area (Å²) < 4.78 is 2.19. The Balaban J connectivity index is 2.02. The molecular weight excluding hydrogens is 412 g/mol. The highest BCUT2D eigenvalue weighted by Crippen LogP contribution is 2.32. The molecule has 0 N–H and O–H groups in total. The largest absolute Gasteiger partial charge is 0.0622 e. The maximum atomic E-state index is 3.75. The Kier molecular flexibility index (Phi) is 5.47. The average Bonchev–Trinajstić information content (AvgIpc) is 2.61. The molecule has 0 nitrogen and oxygen atoms in total. The first-order valence-electron chi connectivity index (χ1n) is 7.47. The Hall–Kier alpha value is -1.64. The Morgan fingerprint density at radius 2 is 1.17 bits per heavy atom. The molecule has 23 heavy (non-hydrogen) atoms. The van der Waals surface area contributed by atoms with Gasteiger partial charge in [-0.1, -0.05) is 111 Å². The average molecular weight is 428 g/mol. The van der Waals surface area contributed by atoms with E-state index < -0.39 is 0 Å². The molecule has 3 rings (SSSR count). The van der Waals surface area contributed by atoms with E-state index in [1.54, 1.807) is 0 Å². The van der Waals surface area contributed by atoms with E-state index in [4.69, 9.17) is 0 Å². The minimum atomic E-state index is 0.218. The number of halogens is 2. The van der Waals surface area contributed by atoms with Crippen LogP contribution in [0.3, 0.4) is 0 Å². The van der Waals surface area contributed by atoms with Crippen molar-refractivity contribution in [3.63, 3.8) is 0 Å². The molecule has 3 aromatic rings. The van der Waals surface area contributed by atoms with Crippen molar-refractivity contribution >= 4 is 36.3 Å². The van der Waals surface area contributed by atoms with E-state index in [0.717, 1.165) is 8.96 Å². The van der Waals surface area contributed by atoms with Crippen molar-refractivity contribution in [1.29, 1.82) is 0 Å². The summed E-state index contributed by atoms with van der Waals surface area (Å²) in [4.78, 5) is 0. The summed E-state index contributed by atoms with van der Waals surface area (Å²) in [6.45, 7) is 0. The lowest BCUT2D eigenvalue weighted by atomic mass is 9.90. The van der Waals surface area contributed by atoms with E-state index >= 15 is 0 Å². The second-order valence-electron chi connectivity index (χ2n) is 5.32. The molecule has 0 fully saturated rings. The fraction of sp³-hybridized carbons (Fsp3) is 0.0476. The van der Waals surface area contributed by atoms with Crippen LogP contribution >= 0.6 is 31.9 Å². The first kappa shape index (κ1) is 16.2. The van der Waals surface area contributed by atoms with Crippen LogP contribution in [0.5, 0.6) is 0 Å². The molecule has 0 saturated heterocycles. The van der Waals surface area contributed by atoms with Gasteiger partial charge in [-0.25, -0.2) is 0 Å². The summed E-state index contributed by atoms with van der Waals surface area (Å²) in [5, 5.41) is 0. The van der Waals surface area contributed by atoms with Crippen molar-refractivity contribution in [1.82, 2.24) is 0 Å². The first-order chi connectivity index (χ1) is 11.2. The highest BCUT2D eigenvalue weighted by atomic mass is 79.9. The van der Waals surface area contributed by atoms with Crippen molar-refractivity contribution in [3.8, 4) is 0 Å². The Morgan fingerprint density at radius 1 is 0.696 bits per heavy atom. The van der Waals surface area contributed by atoms with E-state index in [1.807, 2.05) is 0 Å². The van der Waals surface area contributed by atoms with Crippen LogP contribution in [-0.2, 0) is 0 Å². The highest BCUT2D eigenvalue weighted by Gasteiger charge is 2.12. The van der Waals surface area contributed by atoms with Gasteiger partial charge in [-0.2, -0.15) is 0 Å². The molecule has 0 atom stereocenters. The molecule has 0 aliphatic heterocycles. The summed E-state index contributed by atoms with van der Waals surface area (Å²) in [7, 11) is 0. The predicted octanol–water partition coefficient (Wildman–Crippen LogP) is 7.02. The minimum absolute atomic E-state index is 0.218. The molecule has 0 radical (unpaired) electrons. The van der Waals surface area contributed by atoms with Gasteiger partial charge in [0, 0.05) is 14.9 Å². The van der Waals surface area contributed by atoms with Gasteiger partial charge in [0.15, 0.2) is 0 Å². The van der Waals surface area contributed by atoms with Crippen molar-refractivity contribution in [2.24, 2.45) is 0 Å². The van der Waals surface area contributed by atoms with Gasteiger partial charge in [0.05, 0.1) is 0 Å². The van der Waals surface area contributed by atoms with Crippen LogP contribution in [0.15, 0.2) is 95.5 Å². The van der Waals surface area contributed by atoms with Gasteiger partial charge in [-0.3, -0.25) is 0 Å². The van der Waals surface area contributed by atoms with E-state index in [2.05, 4.69) is 123 Å². The van der Waals surface area contributed by atoms with Crippen molar-refractivity contribution in [2.75, 3.05) is 0 Å². The van der Waals surface area contributed by atoms with Crippen molar-refractivity contribution < 1.29 is 0 Å². The van der Waals surface area contributed by atoms with Crippen LogP contribution in [-0.4, -0.2) is 0 Å². The second-order valence-corrected chi connectivity index (χ2v) is 7.09. The Bertz CT molecular complexity index is 736. The Labute approximate surface area is 154 Å². The van der Waals surface area contributed by atoms with Crippen LogP contribution in [0, 0.1) is 0 Å². The van der Waals surface area contributed by atoms with Crippen LogP contribution < -0.4 is 0 Å². The third kappa shape index (κ3) is 4.21. The molecule has 0 aromatic heterocycles. The number of rotatable bonds is 4. The summed E-state index contributed by atoms with van der Waals surface area (Å²) in [6, 6.07) is 29.5. The van der Waals surface area contributed by atoms with E-state index in [0.29, 0.717) is 0 Å². The maximum absolute atomic E-state index is 3.75. The van der Waals surface area contributed by atoms with Crippen molar-refractivity contribution in [2.45, 2.75) is 5.92 Å². The highest BCUT2D eigenvalue weighted by molar-refractivity contribution is 9.15. The summed E-state index contributed by atoms with van der Waals surface area (Å²) in [5.41, 5.74) is 3.74. The zero-order chi connectivity index (χ0) is 16.1. The van der Waals surface area contributed by atoms with E-state index in [-0.39, 0.29) is 5.92 Å². The van der Waals surface area contributed by atoms with Crippen LogP contribution in [0.2, 0.25) is 0 Å². The topological polar surface area (TPSA) is 0 Å². The minimum Gasteiger partial charge on any atom is -0.0622 e. The number of benzene rings is 3. The fourth-order valence-corrected chi connectivity index (χ4v) is 3.35. The quantitative estimate of drug-likeness (QED) is 0.419. The van der Waals surface area contributed by atoms with Gasteiger partial charge in [0.2, 0.25) is 0 Å². The molecule has 0 unspecified atom stereocenters. The summed E-state index contributed by atoms with van der Waals surface area (Å²) in [6.07, 6.45) is 2.27. The summed E-state index contributed by atoms with van der Waals surface area (Å²) in [5.74, 6) is 0.218. The first-order valence-corrected chi connectivity index (χ1v) is 9.06. The zero-order valence-corrected chi connectivity index (χ0v) is 15.7. The van der Waals surface area contributed by atoms with Gasteiger partial charge in [0.1, 0.15) is 0 Å². The lowest BCUT2D eigenvalue weighted by Crippen LogP contribution is -1.98. The van der Waals surface area contributed by atoms with Crippen LogP contribution in [0.4, 0.5) is 0 Å². The maximum Gasteiger partial charge on any atom is 0.0283 e. The SMILES string of the molecule is Br/C(=C/C(c1ccccc1)c1ccccc1)c1ccc(Br)cc1. The van der Waals surface area contributed by atoms with Gasteiger partial charge >= 0.3 is 0 Å². The summed E-state index contributed by atoms with van der Waals surface area (Å²) >= 11 is 7.24. The van der Waals surface area contributed by atoms with Crippen LogP contribution in [0.1, 0.15) is 22.6 Å². The van der Waals surface area contributed by atoms with E-state index in [9.17, 15) is 0 Å². The van der Waals surface area contributed by atoms with Gasteiger partial charge in [-0.15, -0.1) is 0 Å². The third-order valence-electron chi connectivity index (χ3n) is 3.75. The molecule has 0 heterocycles. The number of allylic oxidation sites excluding steroid dienone is 1. The fourth-order valence-electron chi connectivity index (χ4n) is 2.56. The molecule has 0 saturated carbocycles. The molecule has 0 spiro atoms. The zero-order valence-electron chi connectivity index (χ0n) is 12.5. The standard InChI is InChI=1S/C21H16Br2/c22-19-13-11-18(12-14-19)21(23)15-20(16-7-3-1-4-8-16)17-9-5-2-6-10-17/h1-15,20H/b21-15+.